The monoisotopic (exact) mass is 304 g/mol. The van der Waals surface area contributed by atoms with Crippen molar-refractivity contribution in [1.82, 2.24) is 20.1 Å². The summed E-state index contributed by atoms with van der Waals surface area (Å²) in [6.07, 6.45) is 3.68. The van der Waals surface area contributed by atoms with Gasteiger partial charge in [0, 0.05) is 24.5 Å². The average Bonchev–Trinajstić information content (AvgIpc) is 2.85. The number of aromatic hydroxyl groups is 1. The van der Waals surface area contributed by atoms with Crippen molar-refractivity contribution in [1.29, 1.82) is 0 Å². The van der Waals surface area contributed by atoms with E-state index in [0.29, 0.717) is 12.0 Å². The number of carbonyl (C=O) groups excluding carboxylic acids is 2. The number of nitrogens with one attached hydrogen (secondary N) is 1. The number of ether oxygens (including phenoxy) is 1. The summed E-state index contributed by atoms with van der Waals surface area (Å²) in [7, 11) is 0. The molecule has 0 aromatic carbocycles. The van der Waals surface area contributed by atoms with E-state index in [9.17, 15) is 14.7 Å². The first-order valence-electron chi connectivity index (χ1n) is 6.73. The highest BCUT2D eigenvalue weighted by Crippen LogP contribution is 2.31. The Kier molecular flexibility index (Phi) is 5.07. The number of nitrogens with zero attached hydrogens (tertiary/aromatic N) is 3. The van der Waals surface area contributed by atoms with Gasteiger partial charge in [0.05, 0.1) is 13.2 Å². The van der Waals surface area contributed by atoms with E-state index in [4.69, 9.17) is 4.74 Å². The molecule has 2 N–H and O–H groups in total. The minimum atomic E-state index is -0.668. The summed E-state index contributed by atoms with van der Waals surface area (Å²) in [5, 5.41) is 17.0. The number of rotatable bonds is 7. The fourth-order valence-electron chi connectivity index (χ4n) is 1.95. The number of aromatic nitrogens is 3. The fraction of sp³-hybridized carbons (Fsp3) is 0.286. The number of hydrogen-bond acceptors (Lipinski definition) is 6. The second-order valence-electron chi connectivity index (χ2n) is 4.30. The van der Waals surface area contributed by atoms with Crippen molar-refractivity contribution in [3.05, 3.63) is 30.2 Å². The molecule has 0 radical (unpaired) electrons. The molecule has 0 saturated carbocycles. The Labute approximate surface area is 126 Å². The van der Waals surface area contributed by atoms with Crippen LogP contribution in [0.4, 0.5) is 0 Å². The Morgan fingerprint density at radius 2 is 2.18 bits per heavy atom. The van der Waals surface area contributed by atoms with Gasteiger partial charge in [-0.15, -0.1) is 0 Å². The minimum absolute atomic E-state index is 0.0404. The van der Waals surface area contributed by atoms with E-state index in [2.05, 4.69) is 15.4 Å². The summed E-state index contributed by atoms with van der Waals surface area (Å²) < 4.78 is 6.26. The molecule has 2 rings (SSSR count). The molecule has 116 valence electrons. The molecule has 0 fully saturated rings. The number of amides is 1. The lowest BCUT2D eigenvalue weighted by Gasteiger charge is -2.06. The summed E-state index contributed by atoms with van der Waals surface area (Å²) >= 11 is 0. The van der Waals surface area contributed by atoms with Crippen LogP contribution >= 0.6 is 0 Å². The zero-order valence-corrected chi connectivity index (χ0v) is 12.0. The fourth-order valence-corrected chi connectivity index (χ4v) is 1.95. The van der Waals surface area contributed by atoms with Gasteiger partial charge in [-0.05, 0) is 19.1 Å². The van der Waals surface area contributed by atoms with Gasteiger partial charge in [-0.25, -0.2) is 4.79 Å². The Morgan fingerprint density at radius 3 is 2.82 bits per heavy atom. The first-order valence-corrected chi connectivity index (χ1v) is 6.73. The van der Waals surface area contributed by atoms with Crippen LogP contribution in [0.2, 0.25) is 0 Å². The highest BCUT2D eigenvalue weighted by molar-refractivity contribution is 5.93. The molecule has 22 heavy (non-hydrogen) atoms. The predicted octanol–water partition coefficient (Wildman–Crippen LogP) is 0.573. The van der Waals surface area contributed by atoms with Gasteiger partial charge in [-0.2, -0.15) is 5.10 Å². The maximum Gasteiger partial charge on any atom is 0.360 e. The van der Waals surface area contributed by atoms with Crippen LogP contribution in [0.5, 0.6) is 5.75 Å². The van der Waals surface area contributed by atoms with Crippen molar-refractivity contribution in [2.45, 2.75) is 13.5 Å². The van der Waals surface area contributed by atoms with E-state index < -0.39 is 5.97 Å². The molecule has 0 aliphatic heterocycles. The maximum atomic E-state index is 12.0. The molecule has 0 spiro atoms. The highest BCUT2D eigenvalue weighted by Gasteiger charge is 2.25. The van der Waals surface area contributed by atoms with Crippen molar-refractivity contribution < 1.29 is 19.4 Å². The van der Waals surface area contributed by atoms with Crippen molar-refractivity contribution >= 4 is 12.4 Å². The normalized spacial score (nSPS) is 10.2. The summed E-state index contributed by atoms with van der Waals surface area (Å²) in [4.78, 5) is 26.2. The zero-order chi connectivity index (χ0) is 15.9. The Morgan fingerprint density at radius 1 is 1.45 bits per heavy atom. The van der Waals surface area contributed by atoms with E-state index >= 15 is 0 Å². The largest absolute Gasteiger partial charge is 0.504 e. The van der Waals surface area contributed by atoms with Gasteiger partial charge in [0.25, 0.3) is 0 Å². The second kappa shape index (κ2) is 7.21. The van der Waals surface area contributed by atoms with Crippen LogP contribution in [0.25, 0.3) is 11.3 Å². The van der Waals surface area contributed by atoms with Crippen LogP contribution in [-0.2, 0) is 16.1 Å². The maximum absolute atomic E-state index is 12.0. The van der Waals surface area contributed by atoms with E-state index in [0.717, 1.165) is 0 Å². The summed E-state index contributed by atoms with van der Waals surface area (Å²) in [5.41, 5.74) is 0.845. The third kappa shape index (κ3) is 3.22. The minimum Gasteiger partial charge on any atom is -0.504 e. The molecule has 0 saturated heterocycles. The molecule has 0 aliphatic carbocycles. The SMILES string of the molecule is CCOC(=O)c1c(O)c(-c2ccncc2)nn1CCNC=O. The van der Waals surface area contributed by atoms with Gasteiger partial charge in [-0.3, -0.25) is 14.5 Å². The Bertz CT molecular complexity index is 654. The molecule has 0 bridgehead atoms. The predicted molar refractivity (Wildman–Crippen MR) is 77.1 cm³/mol. The number of carbonyl (C=O) groups is 2. The smallest absolute Gasteiger partial charge is 0.360 e. The molecule has 0 atom stereocenters. The molecule has 1 amide bonds. The van der Waals surface area contributed by atoms with Crippen LogP contribution in [0.15, 0.2) is 24.5 Å². The third-order valence-corrected chi connectivity index (χ3v) is 2.90. The number of pyridine rings is 1. The molecule has 8 heteroatoms. The quantitative estimate of drug-likeness (QED) is 0.440. The van der Waals surface area contributed by atoms with Crippen LogP contribution in [0.1, 0.15) is 17.4 Å². The van der Waals surface area contributed by atoms with Gasteiger partial charge in [0.15, 0.2) is 11.4 Å². The van der Waals surface area contributed by atoms with Crippen molar-refractivity contribution in [3.8, 4) is 17.0 Å². The van der Waals surface area contributed by atoms with Crippen molar-refractivity contribution in [2.75, 3.05) is 13.2 Å². The van der Waals surface area contributed by atoms with E-state index in [1.165, 1.54) is 4.68 Å². The second-order valence-corrected chi connectivity index (χ2v) is 4.30. The molecule has 2 aromatic heterocycles. The standard InChI is InChI=1S/C14H16N4O4/c1-2-22-14(21)12-13(20)11(10-3-5-15-6-4-10)17-18(12)8-7-16-9-19/h3-6,9,20H,2,7-8H2,1H3,(H,16,19). The van der Waals surface area contributed by atoms with Gasteiger partial charge >= 0.3 is 5.97 Å². The zero-order valence-electron chi connectivity index (χ0n) is 12.0. The van der Waals surface area contributed by atoms with E-state index in [1.54, 1.807) is 31.5 Å². The molecule has 8 nitrogen and oxygen atoms in total. The van der Waals surface area contributed by atoms with Crippen molar-refractivity contribution in [3.63, 3.8) is 0 Å². The Balaban J connectivity index is 2.42. The number of esters is 1. The Hall–Kier alpha value is -2.90. The lowest BCUT2D eigenvalue weighted by atomic mass is 10.2. The number of hydrogen-bond donors (Lipinski definition) is 2. The van der Waals surface area contributed by atoms with E-state index in [-0.39, 0.29) is 36.8 Å². The lowest BCUT2D eigenvalue weighted by molar-refractivity contribution is -0.109. The van der Waals surface area contributed by atoms with E-state index in [1.807, 2.05) is 0 Å². The van der Waals surface area contributed by atoms with Crippen molar-refractivity contribution in [2.24, 2.45) is 0 Å². The average molecular weight is 304 g/mol. The summed E-state index contributed by atoms with van der Waals surface area (Å²) in [5.74, 6) is -0.922. The summed E-state index contributed by atoms with van der Waals surface area (Å²) in [6.45, 7) is 2.35. The molecule has 0 unspecified atom stereocenters. The molecule has 2 aromatic rings. The molecular formula is C14H16N4O4. The van der Waals surface area contributed by atoms with Gasteiger partial charge in [0.2, 0.25) is 6.41 Å². The van der Waals surface area contributed by atoms with Gasteiger partial charge < -0.3 is 15.2 Å². The first-order chi connectivity index (χ1) is 10.7. The molecule has 0 aliphatic rings. The molecule has 2 heterocycles. The highest BCUT2D eigenvalue weighted by atomic mass is 16.5. The van der Waals surface area contributed by atoms with Crippen LogP contribution < -0.4 is 5.32 Å². The van der Waals surface area contributed by atoms with Crippen LogP contribution in [0.3, 0.4) is 0 Å². The van der Waals surface area contributed by atoms with Gasteiger partial charge in [-0.1, -0.05) is 0 Å². The molecular weight excluding hydrogens is 288 g/mol. The first kappa shape index (κ1) is 15.5. The van der Waals surface area contributed by atoms with Crippen LogP contribution in [-0.4, -0.2) is 45.4 Å². The summed E-state index contributed by atoms with van der Waals surface area (Å²) in [6, 6.07) is 3.34. The third-order valence-electron chi connectivity index (χ3n) is 2.90. The lowest BCUT2D eigenvalue weighted by Crippen LogP contribution is -2.21. The topological polar surface area (TPSA) is 106 Å². The van der Waals surface area contributed by atoms with Crippen LogP contribution in [0, 0.1) is 0 Å². The van der Waals surface area contributed by atoms with Gasteiger partial charge in [0.1, 0.15) is 5.69 Å².